The van der Waals surface area contributed by atoms with Crippen LogP contribution in [0, 0.1) is 0 Å². The molecule has 1 aromatic carbocycles. The highest BCUT2D eigenvalue weighted by atomic mass is 32.2. The molecule has 0 aromatic heterocycles. The number of primary sulfonamides is 1. The van der Waals surface area contributed by atoms with E-state index in [9.17, 15) is 8.42 Å². The molecule has 5 heteroatoms. The van der Waals surface area contributed by atoms with Crippen LogP contribution in [0.2, 0.25) is 0 Å². The van der Waals surface area contributed by atoms with E-state index < -0.39 is 10.0 Å². The number of rotatable bonds is 4. The highest BCUT2D eigenvalue weighted by Gasteiger charge is 2.15. The second kappa shape index (κ2) is 4.63. The molecule has 0 aliphatic rings. The van der Waals surface area contributed by atoms with Gasteiger partial charge in [0.1, 0.15) is 0 Å². The molecular weight excluding hydrogens is 212 g/mol. The van der Waals surface area contributed by atoms with Gasteiger partial charge in [-0.25, -0.2) is 13.6 Å². The van der Waals surface area contributed by atoms with Gasteiger partial charge in [-0.1, -0.05) is 19.4 Å². The van der Waals surface area contributed by atoms with E-state index in [0.29, 0.717) is 17.7 Å². The zero-order valence-corrected chi connectivity index (χ0v) is 9.55. The lowest BCUT2D eigenvalue weighted by molar-refractivity contribution is 0.596. The van der Waals surface area contributed by atoms with E-state index >= 15 is 0 Å². The molecule has 0 bridgehead atoms. The summed E-state index contributed by atoms with van der Waals surface area (Å²) >= 11 is 0. The predicted octanol–water partition coefficient (Wildman–Crippen LogP) is 1.26. The zero-order chi connectivity index (χ0) is 11.5. The highest BCUT2D eigenvalue weighted by molar-refractivity contribution is 7.89. The molecule has 1 rings (SSSR count). The summed E-state index contributed by atoms with van der Waals surface area (Å²) in [5, 5.41) is 5.11. The van der Waals surface area contributed by atoms with Gasteiger partial charge in [0.2, 0.25) is 10.0 Å². The lowest BCUT2D eigenvalue weighted by Crippen LogP contribution is -2.15. The zero-order valence-electron chi connectivity index (χ0n) is 8.73. The molecular formula is C10H16N2O2S. The van der Waals surface area contributed by atoms with Gasteiger partial charge in [-0.3, -0.25) is 0 Å². The molecule has 0 saturated heterocycles. The van der Waals surface area contributed by atoms with Gasteiger partial charge in [-0.05, 0) is 30.5 Å². The van der Waals surface area contributed by atoms with E-state index in [1.165, 1.54) is 6.07 Å². The third-order valence-electron chi connectivity index (χ3n) is 2.26. The lowest BCUT2D eigenvalue weighted by atomic mass is 10.1. The first kappa shape index (κ1) is 12.0. The smallest absolute Gasteiger partial charge is 0.238 e. The fourth-order valence-electron chi connectivity index (χ4n) is 1.47. The largest absolute Gasteiger partial charge is 0.398 e. The number of hydrogen-bond acceptors (Lipinski definition) is 3. The minimum absolute atomic E-state index is 0.149. The van der Waals surface area contributed by atoms with E-state index in [2.05, 4.69) is 0 Å². The Hall–Kier alpha value is -1.07. The minimum atomic E-state index is -3.67. The summed E-state index contributed by atoms with van der Waals surface area (Å²) in [5.41, 5.74) is 6.87. The first-order chi connectivity index (χ1) is 6.96. The molecule has 0 unspecified atom stereocenters. The number of unbranched alkanes of at least 4 members (excludes halogenated alkanes) is 1. The molecule has 1 aromatic rings. The molecule has 84 valence electrons. The summed E-state index contributed by atoms with van der Waals surface area (Å²) in [6, 6.07) is 4.79. The van der Waals surface area contributed by atoms with E-state index in [1.54, 1.807) is 12.1 Å². The molecule has 0 aliphatic carbocycles. The Bertz CT molecular complexity index is 441. The van der Waals surface area contributed by atoms with Crippen molar-refractivity contribution in [2.75, 3.05) is 5.73 Å². The SMILES string of the molecule is CCCCc1c(N)cccc1S(N)(=O)=O. The number of benzene rings is 1. The molecule has 0 radical (unpaired) electrons. The van der Waals surface area contributed by atoms with Crippen LogP contribution in [0.4, 0.5) is 5.69 Å². The maximum absolute atomic E-state index is 11.3. The second-order valence-electron chi connectivity index (χ2n) is 3.47. The average Bonchev–Trinajstić information content (AvgIpc) is 2.14. The first-order valence-corrected chi connectivity index (χ1v) is 6.41. The maximum Gasteiger partial charge on any atom is 0.238 e. The predicted molar refractivity (Wildman–Crippen MR) is 60.8 cm³/mol. The summed E-state index contributed by atoms with van der Waals surface area (Å²) in [5.74, 6) is 0. The number of nitrogens with two attached hydrogens (primary N) is 2. The normalized spacial score (nSPS) is 11.6. The quantitative estimate of drug-likeness (QED) is 0.760. The summed E-state index contributed by atoms with van der Waals surface area (Å²) in [4.78, 5) is 0.149. The van der Waals surface area contributed by atoms with Crippen molar-refractivity contribution < 1.29 is 8.42 Å². The molecule has 0 saturated carbocycles. The van der Waals surface area contributed by atoms with Gasteiger partial charge >= 0.3 is 0 Å². The van der Waals surface area contributed by atoms with Gasteiger partial charge in [0.05, 0.1) is 4.90 Å². The third-order valence-corrected chi connectivity index (χ3v) is 3.25. The monoisotopic (exact) mass is 228 g/mol. The molecule has 0 spiro atoms. The molecule has 0 atom stereocenters. The summed E-state index contributed by atoms with van der Waals surface area (Å²) < 4.78 is 22.6. The number of anilines is 1. The van der Waals surface area contributed by atoms with Gasteiger partial charge in [-0.15, -0.1) is 0 Å². The average molecular weight is 228 g/mol. The van der Waals surface area contributed by atoms with Crippen LogP contribution in [-0.4, -0.2) is 8.42 Å². The highest BCUT2D eigenvalue weighted by Crippen LogP contribution is 2.22. The van der Waals surface area contributed by atoms with Crippen molar-refractivity contribution in [1.82, 2.24) is 0 Å². The lowest BCUT2D eigenvalue weighted by Gasteiger charge is -2.09. The molecule has 0 heterocycles. The van der Waals surface area contributed by atoms with E-state index in [1.807, 2.05) is 6.92 Å². The van der Waals surface area contributed by atoms with Crippen LogP contribution < -0.4 is 10.9 Å². The van der Waals surface area contributed by atoms with Crippen LogP contribution in [-0.2, 0) is 16.4 Å². The Labute approximate surface area is 90.3 Å². The van der Waals surface area contributed by atoms with Crippen molar-refractivity contribution in [3.05, 3.63) is 23.8 Å². The van der Waals surface area contributed by atoms with Crippen molar-refractivity contribution >= 4 is 15.7 Å². The van der Waals surface area contributed by atoms with Crippen LogP contribution in [0.5, 0.6) is 0 Å². The standard InChI is InChI=1S/C10H16N2O2S/c1-2-3-5-8-9(11)6-4-7-10(8)15(12,13)14/h4,6-7H,2-3,5,11H2,1H3,(H2,12,13,14). The van der Waals surface area contributed by atoms with E-state index in [4.69, 9.17) is 10.9 Å². The Morgan fingerprint density at radius 3 is 2.53 bits per heavy atom. The summed E-state index contributed by atoms with van der Waals surface area (Å²) in [6.07, 6.45) is 2.53. The molecule has 4 N–H and O–H groups in total. The molecule has 0 aliphatic heterocycles. The topological polar surface area (TPSA) is 86.2 Å². The molecule has 0 amide bonds. The maximum atomic E-state index is 11.3. The second-order valence-corrected chi connectivity index (χ2v) is 5.00. The van der Waals surface area contributed by atoms with Gasteiger partial charge in [0.15, 0.2) is 0 Å². The van der Waals surface area contributed by atoms with Gasteiger partial charge in [0.25, 0.3) is 0 Å². The Balaban J connectivity index is 3.21. The van der Waals surface area contributed by atoms with Gasteiger partial charge in [0, 0.05) is 5.69 Å². The summed E-state index contributed by atoms with van der Waals surface area (Å²) in [7, 11) is -3.67. The number of nitrogen functional groups attached to an aromatic ring is 1. The van der Waals surface area contributed by atoms with Gasteiger partial charge in [-0.2, -0.15) is 0 Å². The Kier molecular flexibility index (Phi) is 3.71. The van der Waals surface area contributed by atoms with Crippen molar-refractivity contribution in [3.8, 4) is 0 Å². The third kappa shape index (κ3) is 2.94. The van der Waals surface area contributed by atoms with Crippen molar-refractivity contribution in [3.63, 3.8) is 0 Å². The van der Waals surface area contributed by atoms with E-state index in [-0.39, 0.29) is 4.90 Å². The van der Waals surface area contributed by atoms with Crippen molar-refractivity contribution in [2.45, 2.75) is 31.1 Å². The fraction of sp³-hybridized carbons (Fsp3) is 0.400. The number of hydrogen-bond donors (Lipinski definition) is 2. The van der Waals surface area contributed by atoms with Crippen LogP contribution in [0.3, 0.4) is 0 Å². The number of sulfonamides is 1. The first-order valence-electron chi connectivity index (χ1n) is 4.87. The van der Waals surface area contributed by atoms with Crippen LogP contribution in [0.25, 0.3) is 0 Å². The Morgan fingerprint density at radius 1 is 1.33 bits per heavy atom. The van der Waals surface area contributed by atoms with Crippen molar-refractivity contribution in [2.24, 2.45) is 5.14 Å². The van der Waals surface area contributed by atoms with Crippen LogP contribution in [0.1, 0.15) is 25.3 Å². The molecule has 4 nitrogen and oxygen atoms in total. The summed E-state index contributed by atoms with van der Waals surface area (Å²) in [6.45, 7) is 2.04. The van der Waals surface area contributed by atoms with Gasteiger partial charge < -0.3 is 5.73 Å². The van der Waals surface area contributed by atoms with Crippen LogP contribution in [0.15, 0.2) is 23.1 Å². The fourth-order valence-corrected chi connectivity index (χ4v) is 2.30. The van der Waals surface area contributed by atoms with Crippen LogP contribution >= 0.6 is 0 Å². The molecule has 0 fully saturated rings. The van der Waals surface area contributed by atoms with Crippen molar-refractivity contribution in [1.29, 1.82) is 0 Å². The Morgan fingerprint density at radius 2 is 2.00 bits per heavy atom. The molecule has 15 heavy (non-hydrogen) atoms. The van der Waals surface area contributed by atoms with E-state index in [0.717, 1.165) is 12.8 Å². The minimum Gasteiger partial charge on any atom is -0.398 e.